The second kappa shape index (κ2) is 8.96. The Balaban J connectivity index is 0.00000264. The molecule has 1 amide bonds. The van der Waals surface area contributed by atoms with E-state index < -0.39 is 6.04 Å². The Morgan fingerprint density at radius 2 is 1.91 bits per heavy atom. The predicted molar refractivity (Wildman–Crippen MR) is 97.2 cm³/mol. The third-order valence-corrected chi connectivity index (χ3v) is 4.55. The molecule has 2 atom stereocenters. The van der Waals surface area contributed by atoms with Crippen LogP contribution >= 0.6 is 23.7 Å². The quantitative estimate of drug-likeness (QED) is 0.832. The van der Waals surface area contributed by atoms with Crippen molar-refractivity contribution in [1.29, 1.82) is 0 Å². The van der Waals surface area contributed by atoms with E-state index in [-0.39, 0.29) is 30.2 Å². The van der Waals surface area contributed by atoms with E-state index in [4.69, 9.17) is 5.73 Å². The van der Waals surface area contributed by atoms with Crippen molar-refractivity contribution >= 4 is 34.8 Å². The first-order valence-electron chi connectivity index (χ1n) is 7.47. The molecule has 0 spiro atoms. The van der Waals surface area contributed by atoms with Crippen LogP contribution in [0, 0.1) is 5.92 Å². The fraction of sp³-hybridized carbons (Fsp3) is 0.438. The highest BCUT2D eigenvalue weighted by atomic mass is 35.5. The van der Waals surface area contributed by atoms with E-state index in [2.05, 4.69) is 34.6 Å². The summed E-state index contributed by atoms with van der Waals surface area (Å²) in [5.74, 6) is 0.0636. The number of anilines is 1. The summed E-state index contributed by atoms with van der Waals surface area (Å²) in [4.78, 5) is 12.0. The van der Waals surface area contributed by atoms with E-state index in [9.17, 15) is 4.79 Å². The molecular weight excluding hydrogens is 332 g/mol. The normalized spacial score (nSPS) is 13.3. The number of nitrogens with one attached hydrogen (secondary N) is 1. The average Bonchev–Trinajstić information content (AvgIpc) is 2.96. The Kier molecular flexibility index (Phi) is 7.61. The standard InChI is InChI=1S/C16H22N4OS.ClH/c1-4-12(11-8-6-5-7-9-11)15-19-20-16(22-15)18-14(21)13(17)10(2)3;/h5-10,12-13H,4,17H2,1-3H3,(H,18,20,21);1H/t12?,13-;/m0./s1. The molecular formula is C16H23ClN4OS. The van der Waals surface area contributed by atoms with Gasteiger partial charge in [0, 0.05) is 5.92 Å². The van der Waals surface area contributed by atoms with Gasteiger partial charge in [-0.15, -0.1) is 22.6 Å². The summed E-state index contributed by atoms with van der Waals surface area (Å²) in [6.07, 6.45) is 0.929. The number of hydrogen-bond donors (Lipinski definition) is 2. The number of nitrogens with zero attached hydrogens (tertiary/aromatic N) is 2. The lowest BCUT2D eigenvalue weighted by molar-refractivity contribution is -0.118. The van der Waals surface area contributed by atoms with Gasteiger partial charge in [-0.3, -0.25) is 10.1 Å². The van der Waals surface area contributed by atoms with Crippen molar-refractivity contribution < 1.29 is 4.79 Å². The van der Waals surface area contributed by atoms with Crippen LogP contribution in [-0.4, -0.2) is 22.1 Å². The molecule has 0 aliphatic heterocycles. The fourth-order valence-corrected chi connectivity index (χ4v) is 3.11. The van der Waals surface area contributed by atoms with Gasteiger partial charge in [0.2, 0.25) is 11.0 Å². The van der Waals surface area contributed by atoms with Crippen LogP contribution in [0.5, 0.6) is 0 Å². The van der Waals surface area contributed by atoms with Gasteiger partial charge in [-0.1, -0.05) is 62.4 Å². The number of benzene rings is 1. The zero-order chi connectivity index (χ0) is 16.1. The number of carbonyl (C=O) groups is 1. The summed E-state index contributed by atoms with van der Waals surface area (Å²) >= 11 is 1.41. The number of amides is 1. The van der Waals surface area contributed by atoms with Crippen LogP contribution in [0.1, 0.15) is 43.7 Å². The number of hydrogen-bond acceptors (Lipinski definition) is 5. The molecule has 0 radical (unpaired) electrons. The number of rotatable bonds is 6. The highest BCUT2D eigenvalue weighted by molar-refractivity contribution is 7.15. The Bertz CT molecular complexity index is 618. The molecule has 2 rings (SSSR count). The molecule has 2 aromatic rings. The lowest BCUT2D eigenvalue weighted by Crippen LogP contribution is -2.39. The Morgan fingerprint density at radius 3 is 2.48 bits per heavy atom. The van der Waals surface area contributed by atoms with Crippen LogP contribution in [0.25, 0.3) is 0 Å². The number of nitrogens with two attached hydrogens (primary N) is 1. The SMILES string of the molecule is CCC(c1ccccc1)c1nnc(NC(=O)[C@@H](N)C(C)C)s1.Cl. The first-order chi connectivity index (χ1) is 10.5. The van der Waals surface area contributed by atoms with Crippen molar-refractivity contribution in [2.75, 3.05) is 5.32 Å². The molecule has 0 fully saturated rings. The lowest BCUT2D eigenvalue weighted by Gasteiger charge is -2.13. The molecule has 5 nitrogen and oxygen atoms in total. The van der Waals surface area contributed by atoms with Gasteiger partial charge in [0.25, 0.3) is 0 Å². The summed E-state index contributed by atoms with van der Waals surface area (Å²) in [6.45, 7) is 5.95. The molecule has 1 unspecified atom stereocenters. The van der Waals surface area contributed by atoms with E-state index >= 15 is 0 Å². The van der Waals surface area contributed by atoms with Crippen molar-refractivity contribution in [2.45, 2.75) is 39.2 Å². The first-order valence-corrected chi connectivity index (χ1v) is 8.29. The molecule has 3 N–H and O–H groups in total. The average molecular weight is 355 g/mol. The van der Waals surface area contributed by atoms with Crippen LogP contribution in [0.4, 0.5) is 5.13 Å². The third kappa shape index (κ3) is 4.99. The van der Waals surface area contributed by atoms with E-state index in [1.807, 2.05) is 32.0 Å². The van der Waals surface area contributed by atoms with Crippen LogP contribution in [0.2, 0.25) is 0 Å². The Labute approximate surface area is 147 Å². The highest BCUT2D eigenvalue weighted by Gasteiger charge is 2.21. The van der Waals surface area contributed by atoms with E-state index in [0.717, 1.165) is 11.4 Å². The maximum Gasteiger partial charge on any atom is 0.243 e. The summed E-state index contributed by atoms with van der Waals surface area (Å²) in [6, 6.07) is 9.66. The van der Waals surface area contributed by atoms with Gasteiger partial charge in [0.1, 0.15) is 5.01 Å². The minimum Gasteiger partial charge on any atom is -0.320 e. The van der Waals surface area contributed by atoms with Crippen LogP contribution in [-0.2, 0) is 4.79 Å². The van der Waals surface area contributed by atoms with Crippen molar-refractivity contribution in [1.82, 2.24) is 10.2 Å². The molecule has 0 aliphatic rings. The third-order valence-electron chi connectivity index (χ3n) is 3.60. The maximum atomic E-state index is 12.0. The minimum absolute atomic E-state index is 0. The summed E-state index contributed by atoms with van der Waals surface area (Å²) < 4.78 is 0. The van der Waals surface area contributed by atoms with Gasteiger partial charge < -0.3 is 5.73 Å². The van der Waals surface area contributed by atoms with Gasteiger partial charge in [-0.2, -0.15) is 0 Å². The first kappa shape index (κ1) is 19.5. The molecule has 0 saturated heterocycles. The smallest absolute Gasteiger partial charge is 0.243 e. The number of carbonyl (C=O) groups excluding carboxylic acids is 1. The molecule has 23 heavy (non-hydrogen) atoms. The molecule has 0 bridgehead atoms. The van der Waals surface area contributed by atoms with Gasteiger partial charge in [0.15, 0.2) is 0 Å². The zero-order valence-corrected chi connectivity index (χ0v) is 15.2. The van der Waals surface area contributed by atoms with Crippen LogP contribution in [0.15, 0.2) is 30.3 Å². The molecule has 1 aromatic carbocycles. The van der Waals surface area contributed by atoms with Crippen molar-refractivity contribution in [2.24, 2.45) is 11.7 Å². The van der Waals surface area contributed by atoms with E-state index in [0.29, 0.717) is 5.13 Å². The lowest BCUT2D eigenvalue weighted by atomic mass is 9.97. The van der Waals surface area contributed by atoms with Gasteiger partial charge in [0.05, 0.1) is 6.04 Å². The van der Waals surface area contributed by atoms with E-state index in [1.165, 1.54) is 16.9 Å². The molecule has 1 heterocycles. The topological polar surface area (TPSA) is 80.9 Å². The van der Waals surface area contributed by atoms with Gasteiger partial charge >= 0.3 is 0 Å². The number of aromatic nitrogens is 2. The van der Waals surface area contributed by atoms with Crippen LogP contribution < -0.4 is 11.1 Å². The molecule has 1 aromatic heterocycles. The maximum absolute atomic E-state index is 12.0. The minimum atomic E-state index is -0.538. The summed E-state index contributed by atoms with van der Waals surface area (Å²) in [7, 11) is 0. The number of halogens is 1. The largest absolute Gasteiger partial charge is 0.320 e. The van der Waals surface area contributed by atoms with Crippen molar-refractivity contribution in [3.8, 4) is 0 Å². The highest BCUT2D eigenvalue weighted by Crippen LogP contribution is 2.31. The Hall–Kier alpha value is -1.50. The van der Waals surface area contributed by atoms with Gasteiger partial charge in [-0.25, -0.2) is 0 Å². The summed E-state index contributed by atoms with van der Waals surface area (Å²) in [5, 5.41) is 12.5. The zero-order valence-electron chi connectivity index (χ0n) is 13.5. The summed E-state index contributed by atoms with van der Waals surface area (Å²) in [5.41, 5.74) is 7.04. The predicted octanol–water partition coefficient (Wildman–Crippen LogP) is 3.42. The fourth-order valence-electron chi connectivity index (χ4n) is 2.16. The molecule has 0 saturated carbocycles. The Morgan fingerprint density at radius 1 is 1.26 bits per heavy atom. The monoisotopic (exact) mass is 354 g/mol. The second-order valence-electron chi connectivity index (χ2n) is 5.58. The molecule has 7 heteroatoms. The molecule has 0 aliphatic carbocycles. The second-order valence-corrected chi connectivity index (χ2v) is 6.59. The van der Waals surface area contributed by atoms with Crippen molar-refractivity contribution in [3.63, 3.8) is 0 Å². The van der Waals surface area contributed by atoms with Crippen molar-refractivity contribution in [3.05, 3.63) is 40.9 Å². The van der Waals surface area contributed by atoms with Gasteiger partial charge in [-0.05, 0) is 17.9 Å². The molecule has 126 valence electrons. The van der Waals surface area contributed by atoms with E-state index in [1.54, 1.807) is 0 Å². The van der Waals surface area contributed by atoms with Crippen LogP contribution in [0.3, 0.4) is 0 Å².